The zero-order chi connectivity index (χ0) is 10.7. The van der Waals surface area contributed by atoms with Crippen LogP contribution < -0.4 is 0 Å². The van der Waals surface area contributed by atoms with E-state index in [-0.39, 0.29) is 21.5 Å². The topological polar surface area (TPSA) is 54.5 Å². The fourth-order valence-corrected chi connectivity index (χ4v) is 2.08. The van der Waals surface area contributed by atoms with Crippen molar-refractivity contribution in [1.29, 1.82) is 0 Å². The molecule has 78 valence electrons. The van der Waals surface area contributed by atoms with Crippen molar-refractivity contribution in [2.24, 2.45) is 0 Å². The lowest BCUT2D eigenvalue weighted by atomic mass is 10.2. The molecule has 1 saturated heterocycles. The maximum absolute atomic E-state index is 11.4. The Labute approximate surface area is 96.2 Å². The summed E-state index contributed by atoms with van der Waals surface area (Å²) in [6.07, 6.45) is 1.32. The predicted octanol–water partition coefficient (Wildman–Crippen LogP) is 0.918. The Bertz CT molecular complexity index is 277. The van der Waals surface area contributed by atoms with Gasteiger partial charge in [-0.15, -0.1) is 0 Å². The molecule has 0 aromatic carbocycles. The van der Waals surface area contributed by atoms with E-state index in [0.717, 1.165) is 0 Å². The highest BCUT2D eigenvalue weighted by Gasteiger charge is 2.36. The van der Waals surface area contributed by atoms with Crippen molar-refractivity contribution in [3.8, 4) is 0 Å². The molecule has 0 aromatic heterocycles. The van der Waals surface area contributed by atoms with Gasteiger partial charge in [-0.1, -0.05) is 22.6 Å². The van der Waals surface area contributed by atoms with Gasteiger partial charge in [-0.2, -0.15) is 0 Å². The molecule has 1 aliphatic rings. The summed E-state index contributed by atoms with van der Waals surface area (Å²) >= 11 is 1.97. The Kier molecular flexibility index (Phi) is 4.03. The van der Waals surface area contributed by atoms with Crippen molar-refractivity contribution in [1.82, 2.24) is 4.90 Å². The van der Waals surface area contributed by atoms with Crippen LogP contribution in [0.2, 0.25) is 0 Å². The number of carbonyl (C=O) groups is 3. The van der Waals surface area contributed by atoms with Crippen molar-refractivity contribution in [3.63, 3.8) is 0 Å². The largest absolute Gasteiger partial charge is 0.300 e. The fraction of sp³-hybridized carbons (Fsp3) is 0.667. The SMILES string of the molecule is CC(=O)CCCN1C(=O)CC(I)C1=O. The molecule has 14 heavy (non-hydrogen) atoms. The van der Waals surface area contributed by atoms with Crippen LogP contribution in [0.25, 0.3) is 0 Å². The number of carbonyl (C=O) groups excluding carboxylic acids is 3. The molecule has 0 radical (unpaired) electrons. The van der Waals surface area contributed by atoms with Crippen molar-refractivity contribution >= 4 is 40.2 Å². The molecule has 1 heterocycles. The number of nitrogens with zero attached hydrogens (tertiary/aromatic N) is 1. The molecule has 1 fully saturated rings. The Morgan fingerprint density at radius 1 is 1.57 bits per heavy atom. The Balaban J connectivity index is 2.41. The third-order valence-corrected chi connectivity index (χ3v) is 3.07. The van der Waals surface area contributed by atoms with Gasteiger partial charge in [0.15, 0.2) is 0 Å². The van der Waals surface area contributed by atoms with Gasteiger partial charge in [0, 0.05) is 19.4 Å². The number of halogens is 1. The highest BCUT2D eigenvalue weighted by atomic mass is 127. The second-order valence-electron chi connectivity index (χ2n) is 3.36. The summed E-state index contributed by atoms with van der Waals surface area (Å²) in [5.74, 6) is -0.132. The van der Waals surface area contributed by atoms with E-state index >= 15 is 0 Å². The van der Waals surface area contributed by atoms with Crippen LogP contribution in [0.1, 0.15) is 26.2 Å². The summed E-state index contributed by atoms with van der Waals surface area (Å²) < 4.78 is -0.211. The average molecular weight is 309 g/mol. The summed E-state index contributed by atoms with van der Waals surface area (Å²) in [5, 5.41) is 0. The van der Waals surface area contributed by atoms with E-state index in [9.17, 15) is 14.4 Å². The Hall–Kier alpha value is -0.460. The molecule has 5 heteroatoms. The van der Waals surface area contributed by atoms with Crippen molar-refractivity contribution < 1.29 is 14.4 Å². The molecule has 1 rings (SSSR count). The highest BCUT2D eigenvalue weighted by Crippen LogP contribution is 2.20. The van der Waals surface area contributed by atoms with E-state index in [4.69, 9.17) is 0 Å². The van der Waals surface area contributed by atoms with Crippen molar-refractivity contribution in [2.45, 2.75) is 30.1 Å². The molecule has 1 atom stereocenters. The molecule has 4 nitrogen and oxygen atoms in total. The van der Waals surface area contributed by atoms with Crippen LogP contribution >= 0.6 is 22.6 Å². The number of likely N-dealkylation sites (tertiary alicyclic amines) is 1. The second-order valence-corrected chi connectivity index (χ2v) is 4.86. The zero-order valence-corrected chi connectivity index (χ0v) is 10.1. The second kappa shape index (κ2) is 4.86. The number of hydrogen-bond acceptors (Lipinski definition) is 3. The molecular weight excluding hydrogens is 297 g/mol. The minimum Gasteiger partial charge on any atom is -0.300 e. The predicted molar refractivity (Wildman–Crippen MR) is 59.1 cm³/mol. The zero-order valence-electron chi connectivity index (χ0n) is 7.96. The summed E-state index contributed by atoms with van der Waals surface area (Å²) in [6, 6.07) is 0. The molecule has 0 saturated carbocycles. The first-order valence-electron chi connectivity index (χ1n) is 4.50. The number of Topliss-reactive ketones (excluding diaryl/α,β-unsaturated/α-hetero) is 1. The lowest BCUT2D eigenvalue weighted by molar-refractivity contribution is -0.138. The highest BCUT2D eigenvalue weighted by molar-refractivity contribution is 14.1. The molecular formula is C9H12INO3. The van der Waals surface area contributed by atoms with Gasteiger partial charge in [-0.05, 0) is 13.3 Å². The van der Waals surface area contributed by atoms with Crippen LogP contribution in [0, 0.1) is 0 Å². The van der Waals surface area contributed by atoms with E-state index in [1.54, 1.807) is 0 Å². The first-order chi connectivity index (χ1) is 6.52. The molecule has 2 amide bonds. The first kappa shape index (κ1) is 11.6. The van der Waals surface area contributed by atoms with E-state index in [0.29, 0.717) is 25.8 Å². The van der Waals surface area contributed by atoms with Gasteiger partial charge in [-0.25, -0.2) is 0 Å². The fourth-order valence-electron chi connectivity index (χ4n) is 1.36. The van der Waals surface area contributed by atoms with Gasteiger partial charge in [0.1, 0.15) is 5.78 Å². The molecule has 0 spiro atoms. The standard InChI is InChI=1S/C9H12INO3/c1-6(12)3-2-4-11-8(13)5-7(10)9(11)14/h7H,2-5H2,1H3. The van der Waals surface area contributed by atoms with E-state index in [1.165, 1.54) is 11.8 Å². The molecule has 0 aromatic rings. The van der Waals surface area contributed by atoms with Crippen molar-refractivity contribution in [3.05, 3.63) is 0 Å². The van der Waals surface area contributed by atoms with Gasteiger partial charge < -0.3 is 4.79 Å². The van der Waals surface area contributed by atoms with Crippen molar-refractivity contribution in [2.75, 3.05) is 6.54 Å². The third kappa shape index (κ3) is 2.76. The number of rotatable bonds is 4. The quantitative estimate of drug-likeness (QED) is 0.441. The average Bonchev–Trinajstić information content (AvgIpc) is 2.31. The maximum Gasteiger partial charge on any atom is 0.242 e. The minimum absolute atomic E-state index is 0.0927. The molecule has 0 N–H and O–H groups in total. The monoisotopic (exact) mass is 309 g/mol. The van der Waals surface area contributed by atoms with Crippen LogP contribution in [0.4, 0.5) is 0 Å². The van der Waals surface area contributed by atoms with Gasteiger partial charge in [-0.3, -0.25) is 14.5 Å². The van der Waals surface area contributed by atoms with Crippen LogP contribution in [-0.4, -0.2) is 33.0 Å². The summed E-state index contributed by atoms with van der Waals surface area (Å²) in [7, 11) is 0. The van der Waals surface area contributed by atoms with E-state index in [1.807, 2.05) is 22.6 Å². The molecule has 0 aliphatic carbocycles. The number of imide groups is 1. The number of ketones is 1. The number of alkyl halides is 1. The smallest absolute Gasteiger partial charge is 0.242 e. The van der Waals surface area contributed by atoms with Gasteiger partial charge >= 0.3 is 0 Å². The van der Waals surface area contributed by atoms with Gasteiger partial charge in [0.2, 0.25) is 11.8 Å². The van der Waals surface area contributed by atoms with Crippen LogP contribution in [0.3, 0.4) is 0 Å². The van der Waals surface area contributed by atoms with E-state index < -0.39 is 0 Å². The third-order valence-electron chi connectivity index (χ3n) is 2.10. The van der Waals surface area contributed by atoms with Crippen LogP contribution in [0.5, 0.6) is 0 Å². The summed E-state index contributed by atoms with van der Waals surface area (Å²) in [6.45, 7) is 1.89. The van der Waals surface area contributed by atoms with Gasteiger partial charge in [0.25, 0.3) is 0 Å². The Morgan fingerprint density at radius 3 is 2.64 bits per heavy atom. The van der Waals surface area contributed by atoms with Crippen LogP contribution in [0.15, 0.2) is 0 Å². The summed E-state index contributed by atoms with van der Waals surface area (Å²) in [4.78, 5) is 34.6. The Morgan fingerprint density at radius 2 is 2.21 bits per heavy atom. The van der Waals surface area contributed by atoms with E-state index in [2.05, 4.69) is 0 Å². The lowest BCUT2D eigenvalue weighted by Gasteiger charge is -2.12. The van der Waals surface area contributed by atoms with Gasteiger partial charge in [0.05, 0.1) is 3.92 Å². The number of amides is 2. The lowest BCUT2D eigenvalue weighted by Crippen LogP contribution is -2.31. The molecule has 1 unspecified atom stereocenters. The van der Waals surface area contributed by atoms with Crippen LogP contribution in [-0.2, 0) is 14.4 Å². The number of hydrogen-bond donors (Lipinski definition) is 0. The normalized spacial score (nSPS) is 21.9. The molecule has 0 bridgehead atoms. The minimum atomic E-state index is -0.211. The summed E-state index contributed by atoms with van der Waals surface area (Å²) in [5.41, 5.74) is 0. The first-order valence-corrected chi connectivity index (χ1v) is 5.74. The maximum atomic E-state index is 11.4. The molecule has 1 aliphatic heterocycles.